The van der Waals surface area contributed by atoms with E-state index in [1.165, 1.54) is 12.1 Å². The molecule has 0 spiro atoms. The number of carbonyl (C=O) groups is 4. The van der Waals surface area contributed by atoms with Gasteiger partial charge in [0.15, 0.2) is 6.04 Å². The van der Waals surface area contributed by atoms with Crippen LogP contribution in [0.5, 0.6) is 0 Å². The van der Waals surface area contributed by atoms with Gasteiger partial charge in [0.1, 0.15) is 18.0 Å². The lowest BCUT2D eigenvalue weighted by Crippen LogP contribution is -2.65. The van der Waals surface area contributed by atoms with Gasteiger partial charge in [0, 0.05) is 30.0 Å². The highest BCUT2D eigenvalue weighted by Gasteiger charge is 2.60. The topological polar surface area (TPSA) is 162 Å². The largest absolute Gasteiger partial charge is 0.444 e. The number of alkyl halides is 1. The van der Waals surface area contributed by atoms with E-state index < -0.39 is 58.2 Å². The molecule has 1 heterocycles. The number of amides is 4. The molecule has 1 aliphatic heterocycles. The molecule has 0 aromatic heterocycles. The molecule has 1 aromatic rings. The Balaban J connectivity index is 1.61. The molecule has 256 valence electrons. The minimum atomic E-state index is -3.78. The number of alkyl carbamates (subject to hydrolysis) is 1. The van der Waals surface area contributed by atoms with E-state index in [1.807, 2.05) is 4.72 Å². The number of rotatable bonds is 9. The quantitative estimate of drug-likeness (QED) is 0.331. The highest BCUT2D eigenvalue weighted by molar-refractivity contribution is 7.89. The number of halogens is 1. The molecule has 0 radical (unpaired) electrons. The van der Waals surface area contributed by atoms with Crippen molar-refractivity contribution < 1.29 is 36.7 Å². The maximum atomic E-state index is 14.8. The Labute approximate surface area is 271 Å². The van der Waals surface area contributed by atoms with E-state index >= 15 is 0 Å². The normalized spacial score (nSPS) is 28.2. The molecule has 3 aliphatic rings. The predicted molar refractivity (Wildman–Crippen MR) is 173 cm³/mol. The Morgan fingerprint density at radius 2 is 1.59 bits per heavy atom. The maximum Gasteiger partial charge on any atom is 0.407 e. The van der Waals surface area contributed by atoms with Gasteiger partial charge in [0.05, 0.1) is 24.8 Å². The summed E-state index contributed by atoms with van der Waals surface area (Å²) in [7, 11) is -3.78. The summed E-state index contributed by atoms with van der Waals surface area (Å²) in [4.78, 5) is 53.1. The molecule has 4 rings (SSSR count). The Bertz CT molecular complexity index is 1380. The van der Waals surface area contributed by atoms with Crippen molar-refractivity contribution in [2.24, 2.45) is 29.4 Å². The average molecular weight is 666 g/mol. The molecule has 4 N–H and O–H groups in total. The van der Waals surface area contributed by atoms with E-state index in [0.29, 0.717) is 44.3 Å². The first-order valence-corrected chi connectivity index (χ1v) is 18.3. The smallest absolute Gasteiger partial charge is 0.407 e. The van der Waals surface area contributed by atoms with Crippen LogP contribution in [0.25, 0.3) is 0 Å². The third-order valence-electron chi connectivity index (χ3n) is 10.1. The third-order valence-corrected chi connectivity index (χ3v) is 10.6. The molecular weight excluding hydrogens is 615 g/mol. The molecule has 1 saturated heterocycles. The number of carbonyl (C=O) groups excluding carboxylic acids is 4. The second-order valence-corrected chi connectivity index (χ2v) is 16.1. The lowest BCUT2D eigenvalue weighted by molar-refractivity contribution is -0.142. The first-order valence-electron chi connectivity index (χ1n) is 16.5. The van der Waals surface area contributed by atoms with Crippen LogP contribution in [0.1, 0.15) is 95.3 Å². The molecular formula is C33H50FN4O7S+. The van der Waals surface area contributed by atoms with Crippen LogP contribution in [0.4, 0.5) is 14.9 Å². The lowest BCUT2D eigenvalue weighted by Gasteiger charge is -2.42. The average Bonchev–Trinajstić information content (AvgIpc) is 3.40. The van der Waals surface area contributed by atoms with E-state index in [4.69, 9.17) is 10.5 Å². The molecule has 3 fully saturated rings. The summed E-state index contributed by atoms with van der Waals surface area (Å²) < 4.78 is 44.4. The zero-order chi connectivity index (χ0) is 33.9. The van der Waals surface area contributed by atoms with Crippen molar-refractivity contribution in [1.82, 2.24) is 14.5 Å². The first-order chi connectivity index (χ1) is 21.6. The van der Waals surface area contributed by atoms with Crippen LogP contribution in [0.15, 0.2) is 24.3 Å². The number of sulfonamides is 1. The van der Waals surface area contributed by atoms with Crippen LogP contribution in [-0.4, -0.2) is 69.4 Å². The van der Waals surface area contributed by atoms with Crippen molar-refractivity contribution in [2.75, 3.05) is 19.5 Å². The number of hydrogen-bond acceptors (Lipinski definition) is 7. The fraction of sp³-hybridized carbons (Fsp3) is 0.697. The number of hydrogen-bond donors (Lipinski definition) is 3. The molecule has 0 bridgehead atoms. The Morgan fingerprint density at radius 1 is 0.978 bits per heavy atom. The minimum Gasteiger partial charge on any atom is -0.444 e. The number of quaternary nitrogens is 1. The summed E-state index contributed by atoms with van der Waals surface area (Å²) >= 11 is 0. The monoisotopic (exact) mass is 665 g/mol. The van der Waals surface area contributed by atoms with Gasteiger partial charge < -0.3 is 15.8 Å². The first kappa shape index (κ1) is 35.8. The summed E-state index contributed by atoms with van der Waals surface area (Å²) in [5, 5.41) is 2.66. The molecule has 1 unspecified atom stereocenters. The number of nitrogens with one attached hydrogen (secondary N) is 2. The molecule has 2 aliphatic carbocycles. The van der Waals surface area contributed by atoms with Gasteiger partial charge in [0.25, 0.3) is 11.8 Å². The van der Waals surface area contributed by atoms with E-state index in [2.05, 4.69) is 5.32 Å². The second kappa shape index (κ2) is 14.4. The van der Waals surface area contributed by atoms with Crippen molar-refractivity contribution in [2.45, 2.75) is 103 Å². The van der Waals surface area contributed by atoms with Crippen LogP contribution in [0, 0.1) is 23.7 Å². The standard InChI is InChI=1S/C33H49FN4O7S/c1-33(2,3)45-32(42)36-27(20-34)22-10-12-24(13-11-22)31(41)38(25-16-14-23(15-17-25)30(40)37-46(4,43)44)19-18-26(28(38)29(35)39)21-8-6-5-7-9-21/h14-17,21-22,24,26-28H,5-13,18-20H2,1-4H3,(H3-,35,36,37,39,40,42)/p+1/t22-,24-,26-,27+,28-,38?/m0/s1. The molecule has 46 heavy (non-hydrogen) atoms. The van der Waals surface area contributed by atoms with Crippen molar-refractivity contribution in [3.63, 3.8) is 0 Å². The minimum absolute atomic E-state index is 0.0692. The van der Waals surface area contributed by atoms with Gasteiger partial charge in [-0.25, -0.2) is 31.6 Å². The SMILES string of the molecule is CC(C)(C)OC(=O)N[C@H](CF)[C@H]1CC[C@H](C(=O)[N+]2(c3ccc(C(=O)NS(C)(=O)=O)cc3)CC[C@@H](C3CCCCC3)[C@H]2C(N)=O)CC1. The highest BCUT2D eigenvalue weighted by atomic mass is 32.2. The number of likely N-dealkylation sites (tertiary alicyclic amines) is 1. The summed E-state index contributed by atoms with van der Waals surface area (Å²) in [5.74, 6) is -1.83. The van der Waals surface area contributed by atoms with Gasteiger partial charge >= 0.3 is 12.0 Å². The van der Waals surface area contributed by atoms with E-state index in [0.717, 1.165) is 38.4 Å². The van der Waals surface area contributed by atoms with Crippen molar-refractivity contribution in [3.8, 4) is 0 Å². The van der Waals surface area contributed by atoms with Crippen molar-refractivity contribution in [1.29, 1.82) is 0 Å². The number of ether oxygens (including phenoxy) is 1. The Kier molecular flexibility index (Phi) is 11.2. The number of nitrogens with zero attached hydrogens (tertiary/aromatic N) is 1. The summed E-state index contributed by atoms with van der Waals surface area (Å²) in [5.41, 5.74) is 6.09. The van der Waals surface area contributed by atoms with E-state index in [1.54, 1.807) is 32.9 Å². The number of nitrogens with two attached hydrogens (primary N) is 1. The Hall–Kier alpha value is -3.06. The van der Waals surface area contributed by atoms with Gasteiger partial charge in [-0.2, -0.15) is 0 Å². The predicted octanol–water partition coefficient (Wildman–Crippen LogP) is 4.33. The van der Waals surface area contributed by atoms with Crippen molar-refractivity contribution in [3.05, 3.63) is 29.8 Å². The van der Waals surface area contributed by atoms with Gasteiger partial charge in [-0.1, -0.05) is 19.3 Å². The van der Waals surface area contributed by atoms with Gasteiger partial charge in [0.2, 0.25) is 10.0 Å². The van der Waals surface area contributed by atoms with Crippen LogP contribution in [0.3, 0.4) is 0 Å². The maximum absolute atomic E-state index is 14.8. The molecule has 4 atom stereocenters. The second-order valence-electron chi connectivity index (χ2n) is 14.4. The zero-order valence-electron chi connectivity index (χ0n) is 27.4. The Morgan fingerprint density at radius 3 is 2.11 bits per heavy atom. The summed E-state index contributed by atoms with van der Waals surface area (Å²) in [6, 6.07) is 4.69. The van der Waals surface area contributed by atoms with E-state index in [9.17, 15) is 32.0 Å². The van der Waals surface area contributed by atoms with Crippen LogP contribution in [-0.2, 0) is 24.3 Å². The zero-order valence-corrected chi connectivity index (χ0v) is 28.2. The van der Waals surface area contributed by atoms with Gasteiger partial charge in [-0.05, 0) is 83.3 Å². The molecule has 2 saturated carbocycles. The number of primary amides is 1. The van der Waals surface area contributed by atoms with E-state index in [-0.39, 0.29) is 33.7 Å². The van der Waals surface area contributed by atoms with Gasteiger partial charge in [-0.15, -0.1) is 0 Å². The molecule has 1 aromatic carbocycles. The summed E-state index contributed by atoms with van der Waals surface area (Å²) in [6.07, 6.45) is 8.06. The molecule has 11 nitrogen and oxygen atoms in total. The van der Waals surface area contributed by atoms with Crippen LogP contribution < -0.4 is 20.3 Å². The number of benzene rings is 1. The van der Waals surface area contributed by atoms with Gasteiger partial charge in [-0.3, -0.25) is 9.59 Å². The highest BCUT2D eigenvalue weighted by Crippen LogP contribution is 2.47. The van der Waals surface area contributed by atoms with Crippen LogP contribution in [0.2, 0.25) is 0 Å². The van der Waals surface area contributed by atoms with Crippen LogP contribution >= 0.6 is 0 Å². The lowest BCUT2D eigenvalue weighted by atomic mass is 9.75. The molecule has 13 heteroatoms. The molecule has 4 amide bonds. The fourth-order valence-electron chi connectivity index (χ4n) is 8.07. The third kappa shape index (κ3) is 8.26. The van der Waals surface area contributed by atoms with Crippen molar-refractivity contribution >= 4 is 39.5 Å². The summed E-state index contributed by atoms with van der Waals surface area (Å²) in [6.45, 7) is 4.84. The fourth-order valence-corrected chi connectivity index (χ4v) is 8.52.